The molecule has 162 valence electrons. The summed E-state index contributed by atoms with van der Waals surface area (Å²) in [5.41, 5.74) is 2.78. The molecule has 0 radical (unpaired) electrons. The van der Waals surface area contributed by atoms with E-state index < -0.39 is 10.0 Å². The number of rotatable bonds is 4. The van der Waals surface area contributed by atoms with Gasteiger partial charge in [0.05, 0.1) is 18.6 Å². The Morgan fingerprint density at radius 3 is 2.56 bits per heavy atom. The lowest BCUT2D eigenvalue weighted by Gasteiger charge is -2.17. The fourth-order valence-corrected chi connectivity index (χ4v) is 4.90. The van der Waals surface area contributed by atoms with Crippen LogP contribution in [0.1, 0.15) is 28.0 Å². The molecule has 1 aliphatic heterocycles. The van der Waals surface area contributed by atoms with Gasteiger partial charge >= 0.3 is 0 Å². The highest BCUT2D eigenvalue weighted by molar-refractivity contribution is 7.93. The third-order valence-corrected chi connectivity index (χ3v) is 6.79. The number of amides is 1. The first-order chi connectivity index (χ1) is 15.4. The SMILES string of the molecule is COc1cc(C#Cc2ccccn2)cc(C(=O)Nc2ccc(N3CCCS3(=O)=O)cc2)c1. The zero-order valence-electron chi connectivity index (χ0n) is 17.4. The first-order valence-corrected chi connectivity index (χ1v) is 11.6. The lowest BCUT2D eigenvalue weighted by molar-refractivity contribution is 0.102. The van der Waals surface area contributed by atoms with Gasteiger partial charge in [0.1, 0.15) is 11.4 Å². The summed E-state index contributed by atoms with van der Waals surface area (Å²) in [6.45, 7) is 0.472. The number of nitrogens with one attached hydrogen (secondary N) is 1. The molecule has 0 aliphatic carbocycles. The van der Waals surface area contributed by atoms with Crippen LogP contribution in [-0.4, -0.2) is 38.7 Å². The van der Waals surface area contributed by atoms with Crippen molar-refractivity contribution >= 4 is 27.3 Å². The lowest BCUT2D eigenvalue weighted by atomic mass is 10.1. The molecule has 1 saturated heterocycles. The number of sulfonamides is 1. The van der Waals surface area contributed by atoms with Crippen molar-refractivity contribution in [3.63, 3.8) is 0 Å². The summed E-state index contributed by atoms with van der Waals surface area (Å²) in [6, 6.07) is 17.3. The molecule has 3 aromatic rings. The Morgan fingerprint density at radius 1 is 1.09 bits per heavy atom. The fraction of sp³-hybridized carbons (Fsp3) is 0.167. The highest BCUT2D eigenvalue weighted by Gasteiger charge is 2.28. The molecule has 0 bridgehead atoms. The first-order valence-electron chi connectivity index (χ1n) is 9.98. The number of aromatic nitrogens is 1. The second-order valence-corrected chi connectivity index (χ2v) is 9.17. The molecule has 32 heavy (non-hydrogen) atoms. The van der Waals surface area contributed by atoms with E-state index in [1.165, 1.54) is 11.4 Å². The number of benzene rings is 2. The van der Waals surface area contributed by atoms with Gasteiger partial charge in [0.15, 0.2) is 0 Å². The second kappa shape index (κ2) is 9.12. The van der Waals surface area contributed by atoms with E-state index in [0.717, 1.165) is 0 Å². The van der Waals surface area contributed by atoms with Crippen LogP contribution in [0.2, 0.25) is 0 Å². The minimum Gasteiger partial charge on any atom is -0.497 e. The van der Waals surface area contributed by atoms with E-state index in [1.54, 1.807) is 54.7 Å². The van der Waals surface area contributed by atoms with E-state index in [4.69, 9.17) is 4.74 Å². The molecule has 7 nitrogen and oxygen atoms in total. The van der Waals surface area contributed by atoms with Gasteiger partial charge in [0, 0.05) is 29.6 Å². The lowest BCUT2D eigenvalue weighted by Crippen LogP contribution is -2.25. The van der Waals surface area contributed by atoms with Crippen molar-refractivity contribution in [1.82, 2.24) is 4.98 Å². The third kappa shape index (κ3) is 4.90. The van der Waals surface area contributed by atoms with Crippen LogP contribution < -0.4 is 14.4 Å². The van der Waals surface area contributed by atoms with Gasteiger partial charge in [-0.05, 0) is 66.9 Å². The largest absolute Gasteiger partial charge is 0.497 e. The Balaban J connectivity index is 1.52. The molecular weight excluding hydrogens is 426 g/mol. The van der Waals surface area contributed by atoms with E-state index in [2.05, 4.69) is 22.1 Å². The number of nitrogens with zero attached hydrogens (tertiary/aromatic N) is 2. The van der Waals surface area contributed by atoms with Crippen LogP contribution in [0.4, 0.5) is 11.4 Å². The van der Waals surface area contributed by atoms with Crippen molar-refractivity contribution in [2.75, 3.05) is 29.0 Å². The second-order valence-electron chi connectivity index (χ2n) is 7.16. The van der Waals surface area contributed by atoms with E-state index in [1.807, 2.05) is 12.1 Å². The van der Waals surface area contributed by atoms with Gasteiger partial charge in [-0.1, -0.05) is 12.0 Å². The quantitative estimate of drug-likeness (QED) is 0.620. The van der Waals surface area contributed by atoms with Crippen LogP contribution in [-0.2, 0) is 10.0 Å². The minimum absolute atomic E-state index is 0.160. The minimum atomic E-state index is -3.24. The molecule has 4 rings (SSSR count). The van der Waals surface area contributed by atoms with Crippen LogP contribution in [0.25, 0.3) is 0 Å². The average molecular weight is 448 g/mol. The highest BCUT2D eigenvalue weighted by Crippen LogP contribution is 2.26. The van der Waals surface area contributed by atoms with Crippen molar-refractivity contribution in [3.05, 3.63) is 83.7 Å². The molecular formula is C24H21N3O4S. The Hall–Kier alpha value is -3.83. The first kappa shape index (κ1) is 21.4. The van der Waals surface area contributed by atoms with Crippen molar-refractivity contribution in [3.8, 4) is 17.6 Å². The number of methoxy groups -OCH3 is 1. The number of hydrogen-bond acceptors (Lipinski definition) is 5. The highest BCUT2D eigenvalue weighted by atomic mass is 32.2. The standard InChI is InChI=1S/C24H21N3O4S/c1-31-23-16-18(6-7-20-5-2-3-12-25-20)15-19(17-23)24(28)26-21-8-10-22(11-9-21)27-13-4-14-32(27,29)30/h2-3,5,8-12,15-17H,4,13-14H2,1H3,(H,26,28). The zero-order chi connectivity index (χ0) is 22.6. The van der Waals surface area contributed by atoms with E-state index in [0.29, 0.717) is 46.9 Å². The van der Waals surface area contributed by atoms with Crippen molar-refractivity contribution in [1.29, 1.82) is 0 Å². The van der Waals surface area contributed by atoms with Gasteiger partial charge in [-0.3, -0.25) is 9.10 Å². The van der Waals surface area contributed by atoms with Crippen LogP contribution in [0.3, 0.4) is 0 Å². The van der Waals surface area contributed by atoms with Gasteiger partial charge in [-0.15, -0.1) is 0 Å². The zero-order valence-corrected chi connectivity index (χ0v) is 18.2. The van der Waals surface area contributed by atoms with Crippen molar-refractivity contribution in [2.24, 2.45) is 0 Å². The molecule has 1 fully saturated rings. The molecule has 1 aromatic heterocycles. The number of anilines is 2. The topological polar surface area (TPSA) is 88.6 Å². The molecule has 0 unspecified atom stereocenters. The van der Waals surface area contributed by atoms with Gasteiger partial charge in [-0.2, -0.15) is 0 Å². The van der Waals surface area contributed by atoms with Crippen molar-refractivity contribution < 1.29 is 17.9 Å². The molecule has 1 amide bonds. The van der Waals surface area contributed by atoms with Gasteiger partial charge in [-0.25, -0.2) is 13.4 Å². The molecule has 2 heterocycles. The summed E-state index contributed by atoms with van der Waals surface area (Å²) in [7, 11) is -1.72. The maximum absolute atomic E-state index is 12.8. The molecule has 0 atom stereocenters. The Kier molecular flexibility index (Phi) is 6.10. The molecule has 1 aliphatic rings. The van der Waals surface area contributed by atoms with Crippen LogP contribution in [0, 0.1) is 11.8 Å². The van der Waals surface area contributed by atoms with E-state index in [-0.39, 0.29) is 11.7 Å². The Morgan fingerprint density at radius 2 is 1.91 bits per heavy atom. The predicted octanol–water partition coefficient (Wildman–Crippen LogP) is 3.28. The molecule has 0 spiro atoms. The Bertz CT molecular complexity index is 1290. The van der Waals surface area contributed by atoms with Crippen molar-refractivity contribution in [2.45, 2.75) is 6.42 Å². The molecule has 2 aromatic carbocycles. The number of carbonyl (C=O) groups is 1. The van der Waals surface area contributed by atoms with Crippen LogP contribution in [0.5, 0.6) is 5.75 Å². The summed E-state index contributed by atoms with van der Waals surface area (Å²) in [5, 5.41) is 2.83. The predicted molar refractivity (Wildman–Crippen MR) is 123 cm³/mol. The number of pyridine rings is 1. The average Bonchev–Trinajstić information content (AvgIpc) is 3.17. The summed E-state index contributed by atoms with van der Waals surface area (Å²) in [4.78, 5) is 17.0. The monoisotopic (exact) mass is 447 g/mol. The maximum atomic E-state index is 12.8. The number of hydrogen-bond donors (Lipinski definition) is 1. The smallest absolute Gasteiger partial charge is 0.255 e. The summed E-state index contributed by atoms with van der Waals surface area (Å²) < 4.78 is 30.9. The molecule has 8 heteroatoms. The van der Waals surface area contributed by atoms with Gasteiger partial charge < -0.3 is 10.1 Å². The fourth-order valence-electron chi connectivity index (χ4n) is 3.34. The van der Waals surface area contributed by atoms with Gasteiger partial charge in [0.2, 0.25) is 10.0 Å². The number of ether oxygens (including phenoxy) is 1. The normalized spacial score (nSPS) is 14.3. The third-order valence-electron chi connectivity index (χ3n) is 4.92. The Labute approximate surface area is 187 Å². The number of carbonyl (C=O) groups excluding carboxylic acids is 1. The summed E-state index contributed by atoms with van der Waals surface area (Å²) >= 11 is 0. The molecule has 0 saturated carbocycles. The van der Waals surface area contributed by atoms with Crippen LogP contribution in [0.15, 0.2) is 66.9 Å². The summed E-state index contributed by atoms with van der Waals surface area (Å²) in [5.74, 6) is 6.32. The van der Waals surface area contributed by atoms with E-state index >= 15 is 0 Å². The van der Waals surface area contributed by atoms with Gasteiger partial charge in [0.25, 0.3) is 5.91 Å². The maximum Gasteiger partial charge on any atom is 0.255 e. The van der Waals surface area contributed by atoms with E-state index in [9.17, 15) is 13.2 Å². The van der Waals surface area contributed by atoms with Crippen LogP contribution >= 0.6 is 0 Å². The molecule has 1 N–H and O–H groups in total. The summed E-state index contributed by atoms with van der Waals surface area (Å²) in [6.07, 6.45) is 2.28.